The Morgan fingerprint density at radius 3 is 2.41 bits per heavy atom. The molecule has 0 saturated heterocycles. The van der Waals surface area contributed by atoms with Crippen molar-refractivity contribution in [1.82, 2.24) is 4.90 Å². The first-order valence-electron chi connectivity index (χ1n) is 11.3. The van der Waals surface area contributed by atoms with Crippen molar-refractivity contribution in [2.24, 2.45) is 0 Å². The smallest absolute Gasteiger partial charge is 0.261 e. The zero-order valence-electron chi connectivity index (χ0n) is 19.1. The SMILES string of the molecule is CCN1CCc2ccc(NC(=O)c3cc(CN4C(=O)c5ccccc5C4=O)ccc3OC)cc21. The van der Waals surface area contributed by atoms with Crippen LogP contribution in [0.3, 0.4) is 0 Å². The summed E-state index contributed by atoms with van der Waals surface area (Å²) < 4.78 is 5.41. The molecule has 2 aliphatic heterocycles. The Morgan fingerprint density at radius 2 is 1.74 bits per heavy atom. The van der Waals surface area contributed by atoms with E-state index in [4.69, 9.17) is 4.74 Å². The summed E-state index contributed by atoms with van der Waals surface area (Å²) in [6.45, 7) is 4.08. The fraction of sp³-hybridized carbons (Fsp3) is 0.222. The summed E-state index contributed by atoms with van der Waals surface area (Å²) in [7, 11) is 1.50. The van der Waals surface area contributed by atoms with E-state index >= 15 is 0 Å². The molecule has 1 N–H and O–H groups in total. The van der Waals surface area contributed by atoms with Gasteiger partial charge in [-0.1, -0.05) is 24.3 Å². The molecule has 3 aromatic carbocycles. The Balaban J connectivity index is 1.38. The molecular formula is C27H25N3O4. The molecule has 0 radical (unpaired) electrons. The molecular weight excluding hydrogens is 430 g/mol. The van der Waals surface area contributed by atoms with Gasteiger partial charge < -0.3 is 15.0 Å². The van der Waals surface area contributed by atoms with Crippen LogP contribution in [0.15, 0.2) is 60.7 Å². The minimum absolute atomic E-state index is 0.0704. The monoisotopic (exact) mass is 455 g/mol. The first-order chi connectivity index (χ1) is 16.5. The fourth-order valence-corrected chi connectivity index (χ4v) is 4.65. The number of carbonyl (C=O) groups is 3. The molecule has 0 fully saturated rings. The highest BCUT2D eigenvalue weighted by Crippen LogP contribution is 2.31. The summed E-state index contributed by atoms with van der Waals surface area (Å²) in [6, 6.07) is 17.9. The molecule has 7 heteroatoms. The van der Waals surface area contributed by atoms with Crippen LogP contribution in [0.2, 0.25) is 0 Å². The number of likely N-dealkylation sites (N-methyl/N-ethyl adjacent to an activating group) is 1. The summed E-state index contributed by atoms with van der Waals surface area (Å²) in [5, 5.41) is 2.97. The van der Waals surface area contributed by atoms with Crippen LogP contribution in [0.1, 0.15) is 49.1 Å². The highest BCUT2D eigenvalue weighted by molar-refractivity contribution is 6.21. The van der Waals surface area contributed by atoms with Gasteiger partial charge in [-0.25, -0.2) is 0 Å². The molecule has 5 rings (SSSR count). The van der Waals surface area contributed by atoms with Crippen LogP contribution < -0.4 is 15.0 Å². The number of rotatable bonds is 6. The van der Waals surface area contributed by atoms with Gasteiger partial charge in [0.2, 0.25) is 0 Å². The Morgan fingerprint density at radius 1 is 1.00 bits per heavy atom. The lowest BCUT2D eigenvalue weighted by Crippen LogP contribution is -2.29. The highest BCUT2D eigenvalue weighted by atomic mass is 16.5. The minimum atomic E-state index is -0.332. The summed E-state index contributed by atoms with van der Waals surface area (Å²) in [5.74, 6) is -0.566. The molecule has 2 heterocycles. The van der Waals surface area contributed by atoms with Gasteiger partial charge in [-0.2, -0.15) is 0 Å². The van der Waals surface area contributed by atoms with Gasteiger partial charge in [0, 0.05) is 24.5 Å². The minimum Gasteiger partial charge on any atom is -0.496 e. The van der Waals surface area contributed by atoms with Crippen LogP contribution >= 0.6 is 0 Å². The number of hydrogen-bond donors (Lipinski definition) is 1. The molecule has 0 spiro atoms. The van der Waals surface area contributed by atoms with Crippen molar-refractivity contribution in [3.05, 3.63) is 88.5 Å². The van der Waals surface area contributed by atoms with Crippen molar-refractivity contribution >= 4 is 29.1 Å². The van der Waals surface area contributed by atoms with E-state index in [-0.39, 0.29) is 24.3 Å². The number of carbonyl (C=O) groups excluding carboxylic acids is 3. The van der Waals surface area contributed by atoms with Crippen molar-refractivity contribution in [3.8, 4) is 5.75 Å². The number of amides is 3. The van der Waals surface area contributed by atoms with Gasteiger partial charge in [-0.05, 0) is 60.9 Å². The predicted molar refractivity (Wildman–Crippen MR) is 130 cm³/mol. The number of hydrogen-bond acceptors (Lipinski definition) is 5. The highest BCUT2D eigenvalue weighted by Gasteiger charge is 2.35. The molecule has 0 saturated carbocycles. The Kier molecular flexibility index (Phi) is 5.53. The van der Waals surface area contributed by atoms with E-state index in [9.17, 15) is 14.4 Å². The standard InChI is InChI=1S/C27H25N3O4/c1-3-29-13-12-18-9-10-19(15-23(18)29)28-25(31)22-14-17(8-11-24(22)34-2)16-30-26(32)20-6-4-5-7-21(20)27(30)33/h4-11,14-15H,3,12-13,16H2,1-2H3,(H,28,31). The molecule has 0 aliphatic carbocycles. The molecule has 0 unspecified atom stereocenters. The van der Waals surface area contributed by atoms with E-state index in [1.165, 1.54) is 17.6 Å². The second-order valence-electron chi connectivity index (χ2n) is 8.40. The molecule has 172 valence electrons. The molecule has 3 amide bonds. The van der Waals surface area contributed by atoms with Gasteiger partial charge >= 0.3 is 0 Å². The summed E-state index contributed by atoms with van der Waals surface area (Å²) in [6.07, 6.45) is 1.01. The van der Waals surface area contributed by atoms with Gasteiger partial charge in [0.15, 0.2) is 0 Å². The summed E-state index contributed by atoms with van der Waals surface area (Å²) in [4.78, 5) is 42.1. The number of imide groups is 1. The van der Waals surface area contributed by atoms with Crippen LogP contribution in [0.4, 0.5) is 11.4 Å². The van der Waals surface area contributed by atoms with E-state index in [1.54, 1.807) is 42.5 Å². The third kappa shape index (κ3) is 3.69. The van der Waals surface area contributed by atoms with Crippen LogP contribution in [0.25, 0.3) is 0 Å². The first kappa shape index (κ1) is 21.7. The first-order valence-corrected chi connectivity index (χ1v) is 11.3. The van der Waals surface area contributed by atoms with Crippen LogP contribution in [0.5, 0.6) is 5.75 Å². The maximum Gasteiger partial charge on any atom is 0.261 e. The summed E-state index contributed by atoms with van der Waals surface area (Å²) >= 11 is 0. The fourth-order valence-electron chi connectivity index (χ4n) is 4.65. The van der Waals surface area contributed by atoms with Crippen molar-refractivity contribution < 1.29 is 19.1 Å². The average Bonchev–Trinajstić information content (AvgIpc) is 3.38. The molecule has 0 aromatic heterocycles. The quantitative estimate of drug-likeness (QED) is 0.566. The second-order valence-corrected chi connectivity index (χ2v) is 8.40. The third-order valence-electron chi connectivity index (χ3n) is 6.44. The Hall–Kier alpha value is -4.13. The topological polar surface area (TPSA) is 79.0 Å². The van der Waals surface area contributed by atoms with Gasteiger partial charge in [0.25, 0.3) is 17.7 Å². The van der Waals surface area contributed by atoms with Crippen LogP contribution in [-0.2, 0) is 13.0 Å². The van der Waals surface area contributed by atoms with Gasteiger partial charge in [-0.15, -0.1) is 0 Å². The second kappa shape index (κ2) is 8.67. The molecule has 7 nitrogen and oxygen atoms in total. The number of methoxy groups -OCH3 is 1. The van der Waals surface area contributed by atoms with Crippen molar-refractivity contribution in [3.63, 3.8) is 0 Å². The zero-order chi connectivity index (χ0) is 23.8. The van der Waals surface area contributed by atoms with Gasteiger partial charge in [-0.3, -0.25) is 19.3 Å². The van der Waals surface area contributed by atoms with Crippen LogP contribution in [-0.4, -0.2) is 42.8 Å². The molecule has 34 heavy (non-hydrogen) atoms. The van der Waals surface area contributed by atoms with Crippen LogP contribution in [0, 0.1) is 0 Å². The van der Waals surface area contributed by atoms with E-state index < -0.39 is 0 Å². The number of fused-ring (bicyclic) bond motifs is 2. The average molecular weight is 456 g/mol. The number of ether oxygens (including phenoxy) is 1. The Bertz CT molecular complexity index is 1280. The van der Waals surface area contributed by atoms with Gasteiger partial charge in [0.1, 0.15) is 5.75 Å². The van der Waals surface area contributed by atoms with E-state index in [1.807, 2.05) is 12.1 Å². The number of anilines is 2. The normalized spacial score (nSPS) is 14.3. The van der Waals surface area contributed by atoms with E-state index in [0.717, 1.165) is 25.2 Å². The number of nitrogens with one attached hydrogen (secondary N) is 1. The third-order valence-corrected chi connectivity index (χ3v) is 6.44. The van der Waals surface area contributed by atoms with Crippen molar-refractivity contribution in [2.75, 3.05) is 30.4 Å². The largest absolute Gasteiger partial charge is 0.496 e. The Labute approximate surface area is 197 Å². The molecule has 0 bridgehead atoms. The van der Waals surface area contributed by atoms with Crippen molar-refractivity contribution in [1.29, 1.82) is 0 Å². The zero-order valence-corrected chi connectivity index (χ0v) is 19.1. The lowest BCUT2D eigenvalue weighted by Gasteiger charge is -2.18. The van der Waals surface area contributed by atoms with E-state index in [2.05, 4.69) is 23.2 Å². The maximum atomic E-state index is 13.2. The number of nitrogens with zero attached hydrogens (tertiary/aromatic N) is 2. The van der Waals surface area contributed by atoms with Gasteiger partial charge in [0.05, 0.1) is 30.3 Å². The molecule has 0 atom stereocenters. The summed E-state index contributed by atoms with van der Waals surface area (Å²) in [5.41, 5.74) is 4.92. The lowest BCUT2D eigenvalue weighted by molar-refractivity contribution is 0.0642. The van der Waals surface area contributed by atoms with E-state index in [0.29, 0.717) is 33.7 Å². The number of benzene rings is 3. The van der Waals surface area contributed by atoms with Crippen molar-refractivity contribution in [2.45, 2.75) is 19.9 Å². The molecule has 2 aliphatic rings. The lowest BCUT2D eigenvalue weighted by atomic mass is 10.1. The predicted octanol–water partition coefficient (Wildman–Crippen LogP) is 4.13. The maximum absolute atomic E-state index is 13.2. The molecule has 3 aromatic rings.